The summed E-state index contributed by atoms with van der Waals surface area (Å²) in [6, 6.07) is 8.13. The minimum atomic E-state index is -0.256. The fraction of sp³-hybridized carbons (Fsp3) is 0.500. The summed E-state index contributed by atoms with van der Waals surface area (Å²) in [6.07, 6.45) is 0. The molecule has 0 aliphatic carbocycles. The van der Waals surface area contributed by atoms with Crippen LogP contribution in [0.2, 0.25) is 0 Å². The molecule has 17 heavy (non-hydrogen) atoms. The van der Waals surface area contributed by atoms with Crippen LogP contribution >= 0.6 is 0 Å². The maximum Gasteiger partial charge on any atom is 0.228 e. The number of carbonyl (C=O) groups excluding carboxylic acids is 1. The Morgan fingerprint density at radius 3 is 2.18 bits per heavy atom. The monoisotopic (exact) mass is 234 g/mol. The van der Waals surface area contributed by atoms with Gasteiger partial charge in [0.15, 0.2) is 0 Å². The first-order chi connectivity index (χ1) is 7.90. The summed E-state index contributed by atoms with van der Waals surface area (Å²) >= 11 is 0. The fourth-order valence-corrected chi connectivity index (χ4v) is 1.78. The van der Waals surface area contributed by atoms with Gasteiger partial charge < -0.3 is 11.1 Å². The molecule has 0 bridgehead atoms. The molecule has 3 N–H and O–H groups in total. The molecule has 1 atom stereocenters. The second kappa shape index (κ2) is 5.32. The Morgan fingerprint density at radius 1 is 1.29 bits per heavy atom. The van der Waals surface area contributed by atoms with Gasteiger partial charge in [-0.25, -0.2) is 0 Å². The maximum atomic E-state index is 11.6. The number of likely N-dealkylation sites (N-methyl/N-ethyl adjacent to an activating group) is 1. The Hall–Kier alpha value is -1.35. The zero-order chi connectivity index (χ0) is 13.1. The molecule has 1 aromatic rings. The van der Waals surface area contributed by atoms with E-state index in [4.69, 9.17) is 5.73 Å². The van der Waals surface area contributed by atoms with Gasteiger partial charge in [-0.3, -0.25) is 4.79 Å². The van der Waals surface area contributed by atoms with E-state index >= 15 is 0 Å². The normalized spacial score (nSPS) is 13.2. The molecule has 94 valence electrons. The average Bonchev–Trinajstić information content (AvgIpc) is 2.29. The van der Waals surface area contributed by atoms with Crippen LogP contribution < -0.4 is 11.1 Å². The van der Waals surface area contributed by atoms with Crippen molar-refractivity contribution in [2.75, 3.05) is 13.6 Å². The van der Waals surface area contributed by atoms with Crippen molar-refractivity contribution < 1.29 is 4.79 Å². The number of nitrogens with two attached hydrogens (primary N) is 1. The zero-order valence-corrected chi connectivity index (χ0v) is 11.1. The van der Waals surface area contributed by atoms with Gasteiger partial charge in [-0.15, -0.1) is 0 Å². The molecule has 0 spiro atoms. The molecule has 0 fully saturated rings. The molecule has 0 radical (unpaired) electrons. The van der Waals surface area contributed by atoms with Crippen molar-refractivity contribution in [3.63, 3.8) is 0 Å². The van der Waals surface area contributed by atoms with Gasteiger partial charge in [-0.05, 0) is 16.5 Å². The topological polar surface area (TPSA) is 55.1 Å². The Bertz CT molecular complexity index is 376. The highest BCUT2D eigenvalue weighted by Crippen LogP contribution is 2.24. The number of nitrogens with one attached hydrogen (secondary N) is 1. The first kappa shape index (κ1) is 13.7. The minimum absolute atomic E-state index is 0.0315. The molecule has 0 aliphatic heterocycles. The van der Waals surface area contributed by atoms with Crippen LogP contribution in [0.15, 0.2) is 24.3 Å². The third-order valence-corrected chi connectivity index (χ3v) is 2.98. The van der Waals surface area contributed by atoms with E-state index < -0.39 is 0 Å². The summed E-state index contributed by atoms with van der Waals surface area (Å²) in [5.74, 6) is -0.287. The lowest BCUT2D eigenvalue weighted by atomic mass is 9.85. The second-order valence-electron chi connectivity index (χ2n) is 5.27. The van der Waals surface area contributed by atoms with E-state index in [1.807, 2.05) is 12.1 Å². The summed E-state index contributed by atoms with van der Waals surface area (Å²) in [6.45, 7) is 6.83. The number of hydrogen-bond acceptors (Lipinski definition) is 2. The standard InChI is InChI=1S/C14H22N2O/c1-14(2,3)11-7-5-10(6-8-11)12(9-15)13(17)16-4/h5-8,12H,9,15H2,1-4H3,(H,16,17). The predicted octanol–water partition coefficient (Wildman–Crippen LogP) is 1.77. The van der Waals surface area contributed by atoms with Crippen molar-refractivity contribution in [3.8, 4) is 0 Å². The van der Waals surface area contributed by atoms with Crippen LogP contribution in [0, 0.1) is 0 Å². The van der Waals surface area contributed by atoms with Crippen LogP contribution in [0.25, 0.3) is 0 Å². The lowest BCUT2D eigenvalue weighted by Gasteiger charge is -2.20. The molecule has 0 aromatic heterocycles. The van der Waals surface area contributed by atoms with Crippen LogP contribution in [0.4, 0.5) is 0 Å². The Morgan fingerprint density at radius 2 is 1.82 bits per heavy atom. The highest BCUT2D eigenvalue weighted by Gasteiger charge is 2.19. The second-order valence-corrected chi connectivity index (χ2v) is 5.27. The summed E-state index contributed by atoms with van der Waals surface area (Å²) in [4.78, 5) is 11.6. The van der Waals surface area contributed by atoms with Gasteiger partial charge in [0.2, 0.25) is 5.91 Å². The summed E-state index contributed by atoms with van der Waals surface area (Å²) < 4.78 is 0. The van der Waals surface area contributed by atoms with Crippen molar-refractivity contribution in [1.29, 1.82) is 0 Å². The number of hydrogen-bond donors (Lipinski definition) is 2. The van der Waals surface area contributed by atoms with Gasteiger partial charge in [0.05, 0.1) is 5.92 Å². The van der Waals surface area contributed by atoms with Crippen molar-refractivity contribution in [1.82, 2.24) is 5.32 Å². The SMILES string of the molecule is CNC(=O)C(CN)c1ccc(C(C)(C)C)cc1. The Kier molecular flexibility index (Phi) is 4.29. The van der Waals surface area contributed by atoms with Crippen molar-refractivity contribution in [2.45, 2.75) is 32.1 Å². The van der Waals surface area contributed by atoms with Crippen molar-refractivity contribution in [3.05, 3.63) is 35.4 Å². The lowest BCUT2D eigenvalue weighted by molar-refractivity contribution is -0.121. The molecular formula is C14H22N2O. The van der Waals surface area contributed by atoms with E-state index in [9.17, 15) is 4.79 Å². The summed E-state index contributed by atoms with van der Waals surface area (Å²) in [5.41, 5.74) is 8.00. The minimum Gasteiger partial charge on any atom is -0.359 e. The van der Waals surface area contributed by atoms with Crippen LogP contribution in [-0.2, 0) is 10.2 Å². The molecule has 0 saturated carbocycles. The molecule has 0 aliphatic rings. The van der Waals surface area contributed by atoms with E-state index in [1.54, 1.807) is 7.05 Å². The van der Waals surface area contributed by atoms with Gasteiger partial charge in [0.1, 0.15) is 0 Å². The Labute approximate surface area is 103 Å². The largest absolute Gasteiger partial charge is 0.359 e. The lowest BCUT2D eigenvalue weighted by Crippen LogP contribution is -2.30. The van der Waals surface area contributed by atoms with Gasteiger partial charge >= 0.3 is 0 Å². The van der Waals surface area contributed by atoms with E-state index in [2.05, 4.69) is 38.2 Å². The number of carbonyl (C=O) groups is 1. The third kappa shape index (κ3) is 3.30. The number of rotatable bonds is 3. The van der Waals surface area contributed by atoms with Gasteiger partial charge in [0, 0.05) is 13.6 Å². The van der Waals surface area contributed by atoms with E-state index in [1.165, 1.54) is 5.56 Å². The number of benzene rings is 1. The molecule has 0 heterocycles. The molecule has 3 heteroatoms. The first-order valence-electron chi connectivity index (χ1n) is 5.92. The van der Waals surface area contributed by atoms with Crippen molar-refractivity contribution in [2.24, 2.45) is 5.73 Å². The Balaban J connectivity index is 2.97. The van der Waals surface area contributed by atoms with E-state index in [0.29, 0.717) is 6.54 Å². The van der Waals surface area contributed by atoms with Gasteiger partial charge in [-0.1, -0.05) is 45.0 Å². The van der Waals surface area contributed by atoms with Crippen LogP contribution in [0.1, 0.15) is 37.8 Å². The van der Waals surface area contributed by atoms with Gasteiger partial charge in [0.25, 0.3) is 0 Å². The predicted molar refractivity (Wildman–Crippen MR) is 71.0 cm³/mol. The quantitative estimate of drug-likeness (QED) is 0.837. The van der Waals surface area contributed by atoms with E-state index in [-0.39, 0.29) is 17.2 Å². The fourth-order valence-electron chi connectivity index (χ4n) is 1.78. The summed E-state index contributed by atoms with van der Waals surface area (Å²) in [7, 11) is 1.63. The molecule has 1 amide bonds. The smallest absolute Gasteiger partial charge is 0.228 e. The highest BCUT2D eigenvalue weighted by molar-refractivity contribution is 5.83. The first-order valence-corrected chi connectivity index (χ1v) is 5.92. The molecule has 0 saturated heterocycles. The highest BCUT2D eigenvalue weighted by atomic mass is 16.1. The van der Waals surface area contributed by atoms with Crippen LogP contribution in [0.3, 0.4) is 0 Å². The van der Waals surface area contributed by atoms with E-state index in [0.717, 1.165) is 5.56 Å². The van der Waals surface area contributed by atoms with Crippen molar-refractivity contribution >= 4 is 5.91 Å². The molecule has 1 aromatic carbocycles. The van der Waals surface area contributed by atoms with Crippen LogP contribution in [-0.4, -0.2) is 19.5 Å². The third-order valence-electron chi connectivity index (χ3n) is 2.98. The van der Waals surface area contributed by atoms with Crippen LogP contribution in [0.5, 0.6) is 0 Å². The average molecular weight is 234 g/mol. The molecule has 3 nitrogen and oxygen atoms in total. The number of amides is 1. The molecule has 1 rings (SSSR count). The zero-order valence-electron chi connectivity index (χ0n) is 11.1. The molecule has 1 unspecified atom stereocenters. The van der Waals surface area contributed by atoms with Gasteiger partial charge in [-0.2, -0.15) is 0 Å². The summed E-state index contributed by atoms with van der Waals surface area (Å²) in [5, 5.41) is 2.64. The maximum absolute atomic E-state index is 11.6. The molecular weight excluding hydrogens is 212 g/mol.